The maximum atomic E-state index is 8.09. The number of nitrogens with zero attached hydrogens (tertiary/aromatic N) is 1. The van der Waals surface area contributed by atoms with Gasteiger partial charge in [0.05, 0.1) is 0 Å². The SMILES string of the molecule is Cc1cc(C)[c]([Ge]([N]=C=N)([c]2c(C)cc(C)cc2C)[c]2c(C)cc(C)cc2C)c(C)c1. The van der Waals surface area contributed by atoms with Gasteiger partial charge in [-0.25, -0.2) is 0 Å². The number of hydrogen-bond donors (Lipinski definition) is 1. The van der Waals surface area contributed by atoms with Gasteiger partial charge in [-0.2, -0.15) is 0 Å². The Morgan fingerprint density at radius 1 is 0.516 bits per heavy atom. The molecule has 3 heteroatoms. The normalized spacial score (nSPS) is 11.4. The molecule has 0 spiro atoms. The summed E-state index contributed by atoms with van der Waals surface area (Å²) in [7, 11) is 0. The van der Waals surface area contributed by atoms with E-state index in [4.69, 9.17) is 9.36 Å². The van der Waals surface area contributed by atoms with Gasteiger partial charge in [0.1, 0.15) is 0 Å². The molecule has 0 radical (unpaired) electrons. The first-order valence-electron chi connectivity index (χ1n) is 10.9. The molecule has 0 aliphatic carbocycles. The summed E-state index contributed by atoms with van der Waals surface area (Å²) in [6.45, 7) is 19.8. The molecule has 0 saturated heterocycles. The van der Waals surface area contributed by atoms with Crippen LogP contribution in [0.1, 0.15) is 50.1 Å². The summed E-state index contributed by atoms with van der Waals surface area (Å²) >= 11 is -3.67. The third-order valence-corrected chi connectivity index (χ3v) is 16.8. The molecular formula is C28H34GeN2. The van der Waals surface area contributed by atoms with Gasteiger partial charge in [-0.15, -0.1) is 0 Å². The van der Waals surface area contributed by atoms with Crippen LogP contribution in [0, 0.1) is 67.7 Å². The van der Waals surface area contributed by atoms with Crippen LogP contribution in [0.4, 0.5) is 0 Å². The summed E-state index contributed by atoms with van der Waals surface area (Å²) in [4.78, 5) is 0. The summed E-state index contributed by atoms with van der Waals surface area (Å²) in [5.74, 6) is 0. The Bertz CT molecular complexity index is 1020. The van der Waals surface area contributed by atoms with Crippen LogP contribution in [-0.4, -0.2) is 19.5 Å². The Labute approximate surface area is 190 Å². The van der Waals surface area contributed by atoms with Crippen molar-refractivity contribution in [3.05, 3.63) is 86.5 Å². The first kappa shape index (κ1) is 23.3. The van der Waals surface area contributed by atoms with Gasteiger partial charge in [0.2, 0.25) is 0 Å². The molecule has 0 fully saturated rings. The van der Waals surface area contributed by atoms with E-state index in [1.54, 1.807) is 0 Å². The van der Waals surface area contributed by atoms with Crippen LogP contribution in [0.15, 0.2) is 40.3 Å². The van der Waals surface area contributed by atoms with Crippen molar-refractivity contribution in [2.24, 2.45) is 3.95 Å². The zero-order valence-electron chi connectivity index (χ0n) is 20.4. The zero-order chi connectivity index (χ0) is 23.1. The molecule has 0 unspecified atom stereocenters. The van der Waals surface area contributed by atoms with Crippen molar-refractivity contribution in [2.45, 2.75) is 62.3 Å². The molecule has 0 heterocycles. The van der Waals surface area contributed by atoms with Crippen LogP contribution < -0.4 is 13.2 Å². The van der Waals surface area contributed by atoms with Gasteiger partial charge in [-0.1, -0.05) is 0 Å². The molecule has 0 aliphatic rings. The Balaban J connectivity index is 2.68. The molecule has 0 aromatic heterocycles. The van der Waals surface area contributed by atoms with Crippen LogP contribution in [0.3, 0.4) is 0 Å². The Morgan fingerprint density at radius 3 is 0.935 bits per heavy atom. The second kappa shape index (κ2) is 8.61. The number of aryl methyl sites for hydroxylation is 9. The van der Waals surface area contributed by atoms with Gasteiger partial charge in [-0.05, 0) is 0 Å². The molecule has 0 bridgehead atoms. The first-order chi connectivity index (χ1) is 14.5. The molecule has 2 nitrogen and oxygen atoms in total. The van der Waals surface area contributed by atoms with Crippen LogP contribution in [0.25, 0.3) is 0 Å². The van der Waals surface area contributed by atoms with Crippen LogP contribution in [0.5, 0.6) is 0 Å². The average molecular weight is 471 g/mol. The second-order valence-electron chi connectivity index (χ2n) is 9.26. The molecule has 0 saturated carbocycles. The quantitative estimate of drug-likeness (QED) is 0.402. The van der Waals surface area contributed by atoms with E-state index in [-0.39, 0.29) is 0 Å². The topological polar surface area (TPSA) is 36.2 Å². The summed E-state index contributed by atoms with van der Waals surface area (Å²) in [6.07, 6.45) is 0. The molecule has 160 valence electrons. The van der Waals surface area contributed by atoms with Crippen molar-refractivity contribution in [3.8, 4) is 0 Å². The number of nitrogens with one attached hydrogen (secondary N) is 1. The van der Waals surface area contributed by atoms with Crippen LogP contribution >= 0.6 is 0 Å². The summed E-state index contributed by atoms with van der Waals surface area (Å²) in [6, 6.07) is 16.2. The van der Waals surface area contributed by atoms with E-state index in [0.29, 0.717) is 0 Å². The molecule has 0 atom stereocenters. The minimum atomic E-state index is -3.67. The minimum absolute atomic E-state index is 1.27. The third kappa shape index (κ3) is 3.95. The zero-order valence-corrected chi connectivity index (χ0v) is 22.5. The fourth-order valence-electron chi connectivity index (χ4n) is 5.88. The number of rotatable bonds is 4. The Hall–Kier alpha value is -2.42. The van der Waals surface area contributed by atoms with Crippen LogP contribution in [-0.2, 0) is 0 Å². The van der Waals surface area contributed by atoms with Crippen molar-refractivity contribution in [2.75, 3.05) is 0 Å². The Kier molecular flexibility index (Phi) is 6.46. The van der Waals surface area contributed by atoms with Gasteiger partial charge in [0, 0.05) is 0 Å². The molecule has 1 N–H and O–H groups in total. The predicted octanol–water partition coefficient (Wildman–Crippen LogP) is 5.18. The van der Waals surface area contributed by atoms with Crippen molar-refractivity contribution >= 4 is 32.7 Å². The molecule has 3 rings (SSSR count). The van der Waals surface area contributed by atoms with Crippen molar-refractivity contribution in [1.29, 1.82) is 5.41 Å². The van der Waals surface area contributed by atoms with Crippen LogP contribution in [0.2, 0.25) is 0 Å². The molecule has 3 aromatic carbocycles. The van der Waals surface area contributed by atoms with Gasteiger partial charge in [0.25, 0.3) is 0 Å². The van der Waals surface area contributed by atoms with E-state index in [1.807, 2.05) is 0 Å². The fraction of sp³-hybridized carbons (Fsp3) is 0.321. The average Bonchev–Trinajstić information content (AvgIpc) is 2.58. The summed E-state index contributed by atoms with van der Waals surface area (Å²) < 4.78 is 9.15. The molecule has 0 amide bonds. The van der Waals surface area contributed by atoms with E-state index < -0.39 is 13.5 Å². The van der Waals surface area contributed by atoms with Gasteiger partial charge < -0.3 is 0 Å². The first-order valence-corrected chi connectivity index (χ1v) is 15.0. The third-order valence-electron chi connectivity index (χ3n) is 6.34. The maximum absolute atomic E-state index is 8.09. The van der Waals surface area contributed by atoms with Crippen molar-refractivity contribution < 1.29 is 0 Å². The standard InChI is InChI=1S/C28H34GeN2/c1-17-10-20(4)26(21(5)11-17)29(31-16-30,27-22(6)12-18(2)13-23(27)7)28-24(8)14-19(3)15-25(28)9/h10-15,30H,1-9H3. The van der Waals surface area contributed by atoms with E-state index in [1.165, 1.54) is 63.3 Å². The van der Waals surface area contributed by atoms with Gasteiger partial charge in [-0.3, -0.25) is 0 Å². The van der Waals surface area contributed by atoms with E-state index >= 15 is 0 Å². The number of benzene rings is 3. The molecule has 31 heavy (non-hydrogen) atoms. The second-order valence-corrected chi connectivity index (χ2v) is 15.9. The predicted molar refractivity (Wildman–Crippen MR) is 137 cm³/mol. The van der Waals surface area contributed by atoms with Crippen molar-refractivity contribution in [3.63, 3.8) is 0 Å². The molecular weight excluding hydrogens is 437 g/mol. The number of hydrogen-bond acceptors (Lipinski definition) is 2. The van der Waals surface area contributed by atoms with Crippen molar-refractivity contribution in [1.82, 2.24) is 0 Å². The molecule has 0 aliphatic heterocycles. The summed E-state index contributed by atoms with van der Waals surface area (Å²) in [5, 5.41) is 8.09. The fourth-order valence-corrected chi connectivity index (χ4v) is 16.6. The summed E-state index contributed by atoms with van der Waals surface area (Å²) in [5.41, 5.74) is 11.4. The Morgan fingerprint density at radius 2 is 0.742 bits per heavy atom. The van der Waals surface area contributed by atoms with E-state index in [2.05, 4.69) is 105 Å². The monoisotopic (exact) mass is 472 g/mol. The van der Waals surface area contributed by atoms with E-state index in [9.17, 15) is 0 Å². The van der Waals surface area contributed by atoms with Gasteiger partial charge in [0.15, 0.2) is 0 Å². The van der Waals surface area contributed by atoms with E-state index in [0.717, 1.165) is 0 Å². The molecule has 3 aromatic rings. The van der Waals surface area contributed by atoms with Gasteiger partial charge >= 0.3 is 191 Å².